The molecule has 0 aliphatic heterocycles. The van der Waals surface area contributed by atoms with Crippen molar-refractivity contribution in [1.29, 1.82) is 0 Å². The van der Waals surface area contributed by atoms with Crippen LogP contribution in [0.25, 0.3) is 0 Å². The summed E-state index contributed by atoms with van der Waals surface area (Å²) in [5.41, 5.74) is 2.38. The summed E-state index contributed by atoms with van der Waals surface area (Å²) < 4.78 is 0. The molecule has 0 fully saturated rings. The predicted octanol–water partition coefficient (Wildman–Crippen LogP) is 3.74. The summed E-state index contributed by atoms with van der Waals surface area (Å²) in [7, 11) is 0. The molecule has 0 spiro atoms. The van der Waals surface area contributed by atoms with Crippen LogP contribution in [0.3, 0.4) is 0 Å². The van der Waals surface area contributed by atoms with Crippen LogP contribution in [0.4, 0.5) is 5.82 Å². The van der Waals surface area contributed by atoms with Gasteiger partial charge in [0.05, 0.1) is 0 Å². The van der Waals surface area contributed by atoms with Crippen LogP contribution in [0, 0.1) is 12.8 Å². The second-order valence-corrected chi connectivity index (χ2v) is 5.60. The van der Waals surface area contributed by atoms with Crippen molar-refractivity contribution in [2.45, 2.75) is 60.0 Å². The Morgan fingerprint density at radius 2 is 1.84 bits per heavy atom. The quantitative estimate of drug-likeness (QED) is 0.750. The number of hydrogen-bond acceptors (Lipinski definition) is 3. The van der Waals surface area contributed by atoms with E-state index in [4.69, 9.17) is 0 Å². The molecule has 3 heteroatoms. The summed E-state index contributed by atoms with van der Waals surface area (Å²) in [5, 5.41) is 6.92. The molecule has 0 aromatic carbocycles. The van der Waals surface area contributed by atoms with Gasteiger partial charge in [-0.1, -0.05) is 40.5 Å². The molecule has 2 N–H and O–H groups in total. The monoisotopic (exact) mass is 263 g/mol. The van der Waals surface area contributed by atoms with E-state index in [0.717, 1.165) is 30.5 Å². The maximum Gasteiger partial charge on any atom is 0.126 e. The Morgan fingerprint density at radius 1 is 1.16 bits per heavy atom. The number of aromatic nitrogens is 1. The molecule has 108 valence electrons. The molecular weight excluding hydrogens is 234 g/mol. The fourth-order valence-corrected chi connectivity index (χ4v) is 2.08. The smallest absolute Gasteiger partial charge is 0.126 e. The highest BCUT2D eigenvalue weighted by atomic mass is 15.0. The molecule has 0 saturated heterocycles. The Morgan fingerprint density at radius 3 is 2.42 bits per heavy atom. The van der Waals surface area contributed by atoms with Crippen molar-refractivity contribution in [2.75, 3.05) is 11.9 Å². The first-order valence-corrected chi connectivity index (χ1v) is 7.49. The number of nitrogens with one attached hydrogen (secondary N) is 2. The first-order valence-electron chi connectivity index (χ1n) is 7.49. The molecule has 1 heterocycles. The Kier molecular flexibility index (Phi) is 6.85. The molecule has 1 rings (SSSR count). The zero-order valence-electron chi connectivity index (χ0n) is 13.1. The number of pyridine rings is 1. The number of rotatable bonds is 8. The maximum atomic E-state index is 4.56. The van der Waals surface area contributed by atoms with E-state index in [1.807, 2.05) is 0 Å². The zero-order chi connectivity index (χ0) is 14.3. The molecule has 0 saturated carbocycles. The standard InChI is InChI=1S/C16H29N3/c1-6-14(7-2)10-18-16-9-15(8-13(5)19-16)11-17-12(3)4/h8-9,12,14,17H,6-7,10-11H2,1-5H3,(H,18,19). The van der Waals surface area contributed by atoms with E-state index in [1.165, 1.54) is 18.4 Å². The molecule has 0 atom stereocenters. The molecule has 0 bridgehead atoms. The third-order valence-corrected chi connectivity index (χ3v) is 3.45. The van der Waals surface area contributed by atoms with E-state index in [0.29, 0.717) is 6.04 Å². The number of anilines is 1. The summed E-state index contributed by atoms with van der Waals surface area (Å²) in [6.07, 6.45) is 2.44. The van der Waals surface area contributed by atoms with Gasteiger partial charge in [-0.3, -0.25) is 0 Å². The third kappa shape index (κ3) is 6.06. The zero-order valence-corrected chi connectivity index (χ0v) is 13.1. The van der Waals surface area contributed by atoms with E-state index in [2.05, 4.69) is 62.4 Å². The van der Waals surface area contributed by atoms with E-state index in [-0.39, 0.29) is 0 Å². The van der Waals surface area contributed by atoms with Crippen molar-refractivity contribution >= 4 is 5.82 Å². The topological polar surface area (TPSA) is 37.0 Å². The lowest BCUT2D eigenvalue weighted by Gasteiger charge is -2.15. The van der Waals surface area contributed by atoms with Crippen LogP contribution in [0.1, 0.15) is 51.8 Å². The molecule has 3 nitrogen and oxygen atoms in total. The van der Waals surface area contributed by atoms with Crippen LogP contribution >= 0.6 is 0 Å². The van der Waals surface area contributed by atoms with Gasteiger partial charge in [0.25, 0.3) is 0 Å². The second-order valence-electron chi connectivity index (χ2n) is 5.60. The Balaban J connectivity index is 2.62. The minimum atomic E-state index is 0.509. The van der Waals surface area contributed by atoms with Crippen LogP contribution in [0.2, 0.25) is 0 Å². The van der Waals surface area contributed by atoms with Crippen LogP contribution < -0.4 is 10.6 Å². The van der Waals surface area contributed by atoms with Crippen LogP contribution in [0.5, 0.6) is 0 Å². The average Bonchev–Trinajstić information content (AvgIpc) is 2.37. The van der Waals surface area contributed by atoms with Gasteiger partial charge in [-0.05, 0) is 30.5 Å². The fourth-order valence-electron chi connectivity index (χ4n) is 2.08. The SMILES string of the molecule is CCC(CC)CNc1cc(CNC(C)C)cc(C)n1. The van der Waals surface area contributed by atoms with Gasteiger partial charge in [0.1, 0.15) is 5.82 Å². The van der Waals surface area contributed by atoms with Gasteiger partial charge < -0.3 is 10.6 Å². The predicted molar refractivity (Wildman–Crippen MR) is 83.5 cm³/mol. The van der Waals surface area contributed by atoms with E-state index >= 15 is 0 Å². The lowest BCUT2D eigenvalue weighted by Crippen LogP contribution is -2.22. The molecule has 0 unspecified atom stereocenters. The van der Waals surface area contributed by atoms with Gasteiger partial charge in [0.15, 0.2) is 0 Å². The molecule has 1 aromatic rings. The van der Waals surface area contributed by atoms with Gasteiger partial charge in [0, 0.05) is 24.8 Å². The van der Waals surface area contributed by atoms with Gasteiger partial charge in [0.2, 0.25) is 0 Å². The fraction of sp³-hybridized carbons (Fsp3) is 0.688. The molecule has 0 radical (unpaired) electrons. The van der Waals surface area contributed by atoms with Gasteiger partial charge in [-0.25, -0.2) is 4.98 Å². The highest BCUT2D eigenvalue weighted by molar-refractivity contribution is 5.39. The lowest BCUT2D eigenvalue weighted by atomic mass is 10.0. The highest BCUT2D eigenvalue weighted by Crippen LogP contribution is 2.13. The summed E-state index contributed by atoms with van der Waals surface area (Å²) in [4.78, 5) is 4.56. The normalized spacial score (nSPS) is 11.3. The van der Waals surface area contributed by atoms with E-state index < -0.39 is 0 Å². The Hall–Kier alpha value is -1.09. The Labute approximate surface area is 118 Å². The van der Waals surface area contributed by atoms with Crippen molar-refractivity contribution in [3.8, 4) is 0 Å². The van der Waals surface area contributed by atoms with Crippen LogP contribution in [-0.2, 0) is 6.54 Å². The first-order chi connectivity index (χ1) is 9.05. The third-order valence-electron chi connectivity index (χ3n) is 3.45. The minimum Gasteiger partial charge on any atom is -0.370 e. The van der Waals surface area contributed by atoms with E-state index in [9.17, 15) is 0 Å². The van der Waals surface area contributed by atoms with Gasteiger partial charge in [-0.15, -0.1) is 0 Å². The summed E-state index contributed by atoms with van der Waals surface area (Å²) in [6, 6.07) is 4.82. The average molecular weight is 263 g/mol. The van der Waals surface area contributed by atoms with Crippen molar-refractivity contribution in [3.63, 3.8) is 0 Å². The molecule has 0 aliphatic rings. The first kappa shape index (κ1) is 16.0. The highest BCUT2D eigenvalue weighted by Gasteiger charge is 2.05. The van der Waals surface area contributed by atoms with Crippen molar-refractivity contribution in [3.05, 3.63) is 23.4 Å². The number of hydrogen-bond donors (Lipinski definition) is 2. The van der Waals surface area contributed by atoms with Crippen LogP contribution in [0.15, 0.2) is 12.1 Å². The largest absolute Gasteiger partial charge is 0.370 e. The number of aryl methyl sites for hydroxylation is 1. The van der Waals surface area contributed by atoms with E-state index in [1.54, 1.807) is 0 Å². The second kappa shape index (κ2) is 8.16. The van der Waals surface area contributed by atoms with Crippen molar-refractivity contribution in [1.82, 2.24) is 10.3 Å². The van der Waals surface area contributed by atoms with Crippen LogP contribution in [-0.4, -0.2) is 17.6 Å². The molecule has 1 aromatic heterocycles. The molecule has 19 heavy (non-hydrogen) atoms. The summed E-state index contributed by atoms with van der Waals surface area (Å²) in [6.45, 7) is 12.8. The lowest BCUT2D eigenvalue weighted by molar-refractivity contribution is 0.518. The maximum absolute atomic E-state index is 4.56. The van der Waals surface area contributed by atoms with Crippen molar-refractivity contribution in [2.24, 2.45) is 5.92 Å². The Bertz CT molecular complexity index is 370. The van der Waals surface area contributed by atoms with Gasteiger partial charge in [-0.2, -0.15) is 0 Å². The molecule has 0 amide bonds. The van der Waals surface area contributed by atoms with Gasteiger partial charge >= 0.3 is 0 Å². The van der Waals surface area contributed by atoms with Crippen molar-refractivity contribution < 1.29 is 0 Å². The summed E-state index contributed by atoms with van der Waals surface area (Å²) >= 11 is 0. The molecule has 0 aliphatic carbocycles. The molecular formula is C16H29N3. The minimum absolute atomic E-state index is 0.509. The summed E-state index contributed by atoms with van der Waals surface area (Å²) in [5.74, 6) is 1.74. The number of nitrogens with zero attached hydrogens (tertiary/aromatic N) is 1.